The molecule has 0 spiro atoms. The second kappa shape index (κ2) is 4.08. The molecule has 1 N–H and O–H groups in total. The number of nitrogens with zero attached hydrogens (tertiary/aromatic N) is 2. The highest BCUT2D eigenvalue weighted by Gasteiger charge is 2.17. The summed E-state index contributed by atoms with van der Waals surface area (Å²) in [6.45, 7) is 0. The molecule has 0 atom stereocenters. The first-order chi connectivity index (χ1) is 7.56. The molecule has 0 radical (unpaired) electrons. The topological polar surface area (TPSA) is 72.0 Å². The van der Waals surface area contributed by atoms with Gasteiger partial charge < -0.3 is 0 Å². The molecule has 2 aromatic rings. The van der Waals surface area contributed by atoms with E-state index in [9.17, 15) is 8.42 Å². The van der Waals surface area contributed by atoms with Gasteiger partial charge >= 0.3 is 0 Å². The van der Waals surface area contributed by atoms with Crippen LogP contribution in [0.4, 0.5) is 0 Å². The maximum atomic E-state index is 11.7. The van der Waals surface area contributed by atoms with Crippen LogP contribution < -0.4 is 4.72 Å². The summed E-state index contributed by atoms with van der Waals surface area (Å²) in [6, 6.07) is 3.12. The van der Waals surface area contributed by atoms with Crippen LogP contribution in [0.3, 0.4) is 0 Å². The van der Waals surface area contributed by atoms with Crippen molar-refractivity contribution in [3.8, 4) is 0 Å². The fourth-order valence-corrected chi connectivity index (χ4v) is 3.18. The minimum absolute atomic E-state index is 0.156. The van der Waals surface area contributed by atoms with E-state index in [1.807, 2.05) is 0 Å². The average molecular weight is 302 g/mol. The van der Waals surface area contributed by atoms with Crippen molar-refractivity contribution in [2.75, 3.05) is 7.05 Å². The molecule has 0 bridgehead atoms. The molecule has 0 aliphatic heterocycles. The van der Waals surface area contributed by atoms with Crippen molar-refractivity contribution >= 4 is 37.0 Å². The number of benzene rings is 1. The molecule has 16 heavy (non-hydrogen) atoms. The second-order valence-electron chi connectivity index (χ2n) is 3.01. The lowest BCUT2D eigenvalue weighted by Crippen LogP contribution is -2.19. The first-order valence-electron chi connectivity index (χ1n) is 4.39. The molecule has 0 unspecified atom stereocenters. The summed E-state index contributed by atoms with van der Waals surface area (Å²) in [4.78, 5) is 8.33. The highest BCUT2D eigenvalue weighted by Crippen LogP contribution is 2.27. The Labute approximate surface area is 101 Å². The van der Waals surface area contributed by atoms with Crippen LogP contribution >= 0.6 is 15.9 Å². The summed E-state index contributed by atoms with van der Waals surface area (Å²) in [5.74, 6) is 0. The van der Waals surface area contributed by atoms with Gasteiger partial charge in [0, 0.05) is 12.4 Å². The van der Waals surface area contributed by atoms with E-state index in [-0.39, 0.29) is 4.90 Å². The van der Waals surface area contributed by atoms with E-state index < -0.39 is 10.0 Å². The van der Waals surface area contributed by atoms with Gasteiger partial charge in [0.1, 0.15) is 5.52 Å². The van der Waals surface area contributed by atoms with Crippen LogP contribution in [0.25, 0.3) is 11.0 Å². The van der Waals surface area contributed by atoms with E-state index in [1.54, 1.807) is 12.3 Å². The molecule has 0 saturated heterocycles. The van der Waals surface area contributed by atoms with Gasteiger partial charge in [-0.3, -0.25) is 9.97 Å². The summed E-state index contributed by atoms with van der Waals surface area (Å²) in [7, 11) is -2.12. The molecular weight excluding hydrogens is 294 g/mol. The minimum atomic E-state index is -3.48. The van der Waals surface area contributed by atoms with Crippen LogP contribution in [0, 0.1) is 0 Å². The maximum absolute atomic E-state index is 11.7. The Bertz CT molecular complexity index is 642. The third-order valence-electron chi connectivity index (χ3n) is 2.10. The largest absolute Gasteiger partial charge is 0.253 e. The maximum Gasteiger partial charge on any atom is 0.241 e. The first-order valence-corrected chi connectivity index (χ1v) is 6.66. The van der Waals surface area contributed by atoms with Gasteiger partial charge in [0.25, 0.3) is 0 Å². The van der Waals surface area contributed by atoms with Gasteiger partial charge in [-0.1, -0.05) is 0 Å². The normalized spacial score (nSPS) is 11.9. The van der Waals surface area contributed by atoms with Crippen molar-refractivity contribution in [2.24, 2.45) is 0 Å². The van der Waals surface area contributed by atoms with Crippen molar-refractivity contribution in [1.29, 1.82) is 0 Å². The number of nitrogens with one attached hydrogen (secondary N) is 1. The molecule has 1 aromatic heterocycles. The van der Waals surface area contributed by atoms with Crippen molar-refractivity contribution < 1.29 is 8.42 Å². The Morgan fingerprint density at radius 3 is 2.62 bits per heavy atom. The molecule has 1 heterocycles. The number of rotatable bonds is 2. The van der Waals surface area contributed by atoms with E-state index in [1.165, 1.54) is 19.3 Å². The molecule has 7 heteroatoms. The number of hydrogen-bond donors (Lipinski definition) is 1. The van der Waals surface area contributed by atoms with Gasteiger partial charge in [-0.2, -0.15) is 0 Å². The SMILES string of the molecule is CNS(=O)(=O)c1ccc2nccnc2c1Br. The Morgan fingerprint density at radius 1 is 1.25 bits per heavy atom. The third-order valence-corrected chi connectivity index (χ3v) is 4.62. The van der Waals surface area contributed by atoms with Gasteiger partial charge in [-0.05, 0) is 35.1 Å². The van der Waals surface area contributed by atoms with Gasteiger partial charge in [-0.15, -0.1) is 0 Å². The van der Waals surface area contributed by atoms with Crippen molar-refractivity contribution in [3.63, 3.8) is 0 Å². The molecule has 5 nitrogen and oxygen atoms in total. The number of sulfonamides is 1. The Morgan fingerprint density at radius 2 is 1.94 bits per heavy atom. The lowest BCUT2D eigenvalue weighted by atomic mass is 10.3. The fraction of sp³-hybridized carbons (Fsp3) is 0.111. The highest BCUT2D eigenvalue weighted by atomic mass is 79.9. The number of hydrogen-bond acceptors (Lipinski definition) is 4. The summed E-state index contributed by atoms with van der Waals surface area (Å²) < 4.78 is 26.0. The highest BCUT2D eigenvalue weighted by molar-refractivity contribution is 9.10. The van der Waals surface area contributed by atoms with Crippen LogP contribution in [0.15, 0.2) is 33.9 Å². The van der Waals surface area contributed by atoms with E-state index in [2.05, 4.69) is 30.6 Å². The summed E-state index contributed by atoms with van der Waals surface area (Å²) in [6.07, 6.45) is 3.07. The molecule has 2 rings (SSSR count). The summed E-state index contributed by atoms with van der Waals surface area (Å²) in [5.41, 5.74) is 1.17. The van der Waals surface area contributed by atoms with Crippen LogP contribution in [-0.4, -0.2) is 25.4 Å². The molecule has 0 fully saturated rings. The van der Waals surface area contributed by atoms with Gasteiger partial charge in [0.05, 0.1) is 14.9 Å². The summed E-state index contributed by atoms with van der Waals surface area (Å²) in [5, 5.41) is 0. The van der Waals surface area contributed by atoms with Crippen molar-refractivity contribution in [2.45, 2.75) is 4.90 Å². The third kappa shape index (κ3) is 1.81. The van der Waals surface area contributed by atoms with Crippen LogP contribution in [0.1, 0.15) is 0 Å². The zero-order valence-electron chi connectivity index (χ0n) is 8.31. The summed E-state index contributed by atoms with van der Waals surface area (Å²) >= 11 is 3.24. The predicted octanol–water partition coefficient (Wildman–Crippen LogP) is 1.30. The quantitative estimate of drug-likeness (QED) is 0.907. The first kappa shape index (κ1) is 11.4. The number of fused-ring (bicyclic) bond motifs is 1. The zero-order chi connectivity index (χ0) is 11.8. The van der Waals surface area contributed by atoms with E-state index in [0.29, 0.717) is 15.5 Å². The molecule has 0 aliphatic carbocycles. The number of halogens is 1. The lowest BCUT2D eigenvalue weighted by molar-refractivity contribution is 0.588. The van der Waals surface area contributed by atoms with Crippen LogP contribution in [-0.2, 0) is 10.0 Å². The van der Waals surface area contributed by atoms with Crippen LogP contribution in [0.5, 0.6) is 0 Å². The van der Waals surface area contributed by atoms with Gasteiger partial charge in [0.15, 0.2) is 0 Å². The zero-order valence-corrected chi connectivity index (χ0v) is 10.7. The molecular formula is C9H8BrN3O2S. The fourth-order valence-electron chi connectivity index (χ4n) is 1.30. The standard InChI is InChI=1S/C9H8BrN3O2S/c1-11-16(14,15)7-3-2-6-9(8(7)10)13-5-4-12-6/h2-5,11H,1H3. The Hall–Kier alpha value is -1.05. The average Bonchev–Trinajstić information content (AvgIpc) is 2.29. The Balaban J connectivity index is 2.80. The minimum Gasteiger partial charge on any atom is -0.253 e. The molecule has 0 amide bonds. The van der Waals surface area contributed by atoms with Crippen molar-refractivity contribution in [1.82, 2.24) is 14.7 Å². The van der Waals surface area contributed by atoms with Crippen molar-refractivity contribution in [3.05, 3.63) is 29.0 Å². The second-order valence-corrected chi connectivity index (χ2v) is 5.66. The molecule has 0 saturated carbocycles. The smallest absolute Gasteiger partial charge is 0.241 e. The predicted molar refractivity (Wildman–Crippen MR) is 63.5 cm³/mol. The van der Waals surface area contributed by atoms with Gasteiger partial charge in [-0.25, -0.2) is 13.1 Å². The molecule has 0 aliphatic rings. The number of aromatic nitrogens is 2. The van der Waals surface area contributed by atoms with Crippen LogP contribution in [0.2, 0.25) is 0 Å². The van der Waals surface area contributed by atoms with E-state index in [0.717, 1.165) is 0 Å². The monoisotopic (exact) mass is 301 g/mol. The van der Waals surface area contributed by atoms with Gasteiger partial charge in [0.2, 0.25) is 10.0 Å². The Kier molecular flexibility index (Phi) is 2.92. The molecule has 84 valence electrons. The molecule has 1 aromatic carbocycles. The van der Waals surface area contributed by atoms with E-state index in [4.69, 9.17) is 0 Å². The lowest BCUT2D eigenvalue weighted by Gasteiger charge is -2.06. The van der Waals surface area contributed by atoms with E-state index >= 15 is 0 Å².